The number of aryl methyl sites for hydroxylation is 1. The van der Waals surface area contributed by atoms with Gasteiger partial charge in [0.25, 0.3) is 0 Å². The standard InChI is InChI=1S/C17H21N3O3/c21-16-11-19-20(15-6-2-1-5-14(15)16)8-7-17(22)18-10-13-4-3-9-23-12-13/h1-2,5-6,11,13H,3-4,7-10,12H2,(H,18,22). The van der Waals surface area contributed by atoms with Gasteiger partial charge in [-0.1, -0.05) is 12.1 Å². The van der Waals surface area contributed by atoms with Gasteiger partial charge in [0.2, 0.25) is 11.3 Å². The van der Waals surface area contributed by atoms with Crippen molar-refractivity contribution in [3.05, 3.63) is 40.7 Å². The summed E-state index contributed by atoms with van der Waals surface area (Å²) in [6, 6.07) is 7.32. The summed E-state index contributed by atoms with van der Waals surface area (Å²) in [4.78, 5) is 23.8. The van der Waals surface area contributed by atoms with Gasteiger partial charge in [-0.25, -0.2) is 0 Å². The Bertz CT molecular complexity index is 735. The van der Waals surface area contributed by atoms with Crippen molar-refractivity contribution in [1.29, 1.82) is 0 Å². The quantitative estimate of drug-likeness (QED) is 0.903. The number of nitrogens with one attached hydrogen (secondary N) is 1. The molecule has 1 aromatic carbocycles. The Hall–Kier alpha value is -2.21. The van der Waals surface area contributed by atoms with Crippen LogP contribution in [0.25, 0.3) is 10.9 Å². The first-order chi connectivity index (χ1) is 11.2. The molecule has 1 saturated heterocycles. The van der Waals surface area contributed by atoms with Gasteiger partial charge >= 0.3 is 0 Å². The van der Waals surface area contributed by atoms with Gasteiger partial charge in [-0.05, 0) is 30.9 Å². The van der Waals surface area contributed by atoms with Crippen molar-refractivity contribution in [2.24, 2.45) is 5.92 Å². The molecular weight excluding hydrogens is 294 g/mol. The third-order valence-corrected chi connectivity index (χ3v) is 4.16. The second-order valence-corrected chi connectivity index (χ2v) is 5.89. The van der Waals surface area contributed by atoms with E-state index >= 15 is 0 Å². The first-order valence-corrected chi connectivity index (χ1v) is 8.03. The smallest absolute Gasteiger partial charge is 0.221 e. The lowest BCUT2D eigenvalue weighted by atomic mass is 10.0. The number of hydrogen-bond acceptors (Lipinski definition) is 4. The molecule has 0 spiro atoms. The van der Waals surface area contributed by atoms with E-state index in [4.69, 9.17) is 4.74 Å². The summed E-state index contributed by atoms with van der Waals surface area (Å²) in [7, 11) is 0. The molecule has 1 unspecified atom stereocenters. The van der Waals surface area contributed by atoms with Crippen molar-refractivity contribution in [3.8, 4) is 0 Å². The second kappa shape index (κ2) is 7.37. The Balaban J connectivity index is 1.57. The number of benzene rings is 1. The molecule has 6 nitrogen and oxygen atoms in total. The fourth-order valence-corrected chi connectivity index (χ4v) is 2.86. The maximum Gasteiger partial charge on any atom is 0.221 e. The van der Waals surface area contributed by atoms with E-state index in [9.17, 15) is 9.59 Å². The van der Waals surface area contributed by atoms with E-state index in [1.807, 2.05) is 18.2 Å². The molecule has 1 atom stereocenters. The summed E-state index contributed by atoms with van der Waals surface area (Å²) < 4.78 is 7.12. The van der Waals surface area contributed by atoms with Crippen LogP contribution in [0.15, 0.2) is 35.3 Å². The fraction of sp³-hybridized carbons (Fsp3) is 0.471. The summed E-state index contributed by atoms with van der Waals surface area (Å²) in [5, 5.41) is 7.72. The highest BCUT2D eigenvalue weighted by Crippen LogP contribution is 2.12. The van der Waals surface area contributed by atoms with Crippen molar-refractivity contribution in [2.45, 2.75) is 25.8 Å². The number of aromatic nitrogens is 2. The van der Waals surface area contributed by atoms with Gasteiger partial charge in [-0.15, -0.1) is 0 Å². The lowest BCUT2D eigenvalue weighted by molar-refractivity contribution is -0.121. The van der Waals surface area contributed by atoms with Crippen LogP contribution >= 0.6 is 0 Å². The van der Waals surface area contributed by atoms with E-state index in [1.165, 1.54) is 6.20 Å². The largest absolute Gasteiger partial charge is 0.381 e. The molecule has 6 heteroatoms. The molecule has 1 aliphatic rings. The molecule has 0 saturated carbocycles. The van der Waals surface area contributed by atoms with E-state index in [2.05, 4.69) is 10.4 Å². The highest BCUT2D eigenvalue weighted by molar-refractivity contribution is 5.79. The van der Waals surface area contributed by atoms with Gasteiger partial charge in [0, 0.05) is 25.0 Å². The Kier molecular flexibility index (Phi) is 5.02. The normalized spacial score (nSPS) is 18.0. The molecule has 2 aromatic rings. The SMILES string of the molecule is O=C(CCn1ncc(=O)c2ccccc21)NCC1CCCOC1. The lowest BCUT2D eigenvalue weighted by Crippen LogP contribution is -2.33. The van der Waals surface area contributed by atoms with Crippen LogP contribution in [0.3, 0.4) is 0 Å². The van der Waals surface area contributed by atoms with Crippen molar-refractivity contribution >= 4 is 16.8 Å². The Morgan fingerprint density at radius 3 is 3.09 bits per heavy atom. The van der Waals surface area contributed by atoms with Crippen LogP contribution in [0.2, 0.25) is 0 Å². The minimum absolute atomic E-state index is 0.000143. The van der Waals surface area contributed by atoms with Crippen LogP contribution in [0.5, 0.6) is 0 Å². The molecular formula is C17H21N3O3. The van der Waals surface area contributed by atoms with Gasteiger partial charge in [0.05, 0.1) is 24.9 Å². The summed E-state index contributed by atoms with van der Waals surface area (Å²) in [6.07, 6.45) is 3.81. The molecule has 122 valence electrons. The monoisotopic (exact) mass is 315 g/mol. The highest BCUT2D eigenvalue weighted by Gasteiger charge is 2.14. The zero-order valence-corrected chi connectivity index (χ0v) is 13.0. The topological polar surface area (TPSA) is 73.2 Å². The van der Waals surface area contributed by atoms with E-state index < -0.39 is 0 Å². The molecule has 0 bridgehead atoms. The third kappa shape index (κ3) is 3.96. The molecule has 1 aliphatic heterocycles. The van der Waals surface area contributed by atoms with E-state index in [0.29, 0.717) is 30.8 Å². The number of hydrogen-bond donors (Lipinski definition) is 1. The summed E-state index contributed by atoms with van der Waals surface area (Å²) in [5.41, 5.74) is 0.659. The second-order valence-electron chi connectivity index (χ2n) is 5.89. The number of amides is 1. The predicted octanol–water partition coefficient (Wildman–Crippen LogP) is 1.33. The molecule has 0 aliphatic carbocycles. The van der Waals surface area contributed by atoms with Crippen LogP contribution in [-0.2, 0) is 16.1 Å². The van der Waals surface area contributed by atoms with Gasteiger partial charge in [-0.3, -0.25) is 14.3 Å². The van der Waals surface area contributed by atoms with Gasteiger partial charge in [0.1, 0.15) is 0 Å². The molecule has 3 rings (SSSR count). The number of ether oxygens (including phenoxy) is 1. The molecule has 1 aromatic heterocycles. The maximum atomic E-state index is 12.0. The summed E-state index contributed by atoms with van der Waals surface area (Å²) in [5.74, 6) is 0.416. The highest BCUT2D eigenvalue weighted by atomic mass is 16.5. The summed E-state index contributed by atoms with van der Waals surface area (Å²) >= 11 is 0. The number of carbonyl (C=O) groups is 1. The minimum Gasteiger partial charge on any atom is -0.381 e. The maximum absolute atomic E-state index is 12.0. The molecule has 1 amide bonds. The van der Waals surface area contributed by atoms with Crippen molar-refractivity contribution in [1.82, 2.24) is 15.1 Å². The number of para-hydroxylation sites is 1. The molecule has 2 heterocycles. The van der Waals surface area contributed by atoms with Crippen LogP contribution in [0, 0.1) is 5.92 Å². The Morgan fingerprint density at radius 2 is 2.26 bits per heavy atom. The molecule has 23 heavy (non-hydrogen) atoms. The van der Waals surface area contributed by atoms with E-state index in [1.54, 1.807) is 10.7 Å². The first-order valence-electron chi connectivity index (χ1n) is 8.03. The number of rotatable bonds is 5. The third-order valence-electron chi connectivity index (χ3n) is 4.16. The number of nitrogens with zero attached hydrogens (tertiary/aromatic N) is 2. The van der Waals surface area contributed by atoms with Crippen molar-refractivity contribution in [3.63, 3.8) is 0 Å². The van der Waals surface area contributed by atoms with Gasteiger partial charge < -0.3 is 10.1 Å². The lowest BCUT2D eigenvalue weighted by Gasteiger charge is -2.22. The zero-order valence-electron chi connectivity index (χ0n) is 13.0. The molecule has 0 radical (unpaired) electrons. The Labute approximate surface area is 134 Å². The first kappa shape index (κ1) is 15.7. The van der Waals surface area contributed by atoms with Crippen LogP contribution < -0.4 is 10.7 Å². The average molecular weight is 315 g/mol. The zero-order chi connectivity index (χ0) is 16.1. The van der Waals surface area contributed by atoms with Crippen LogP contribution in [0.1, 0.15) is 19.3 Å². The van der Waals surface area contributed by atoms with Crippen molar-refractivity contribution in [2.75, 3.05) is 19.8 Å². The predicted molar refractivity (Wildman–Crippen MR) is 87.2 cm³/mol. The number of carbonyl (C=O) groups excluding carboxylic acids is 1. The summed E-state index contributed by atoms with van der Waals surface area (Å²) in [6.45, 7) is 2.67. The van der Waals surface area contributed by atoms with Crippen LogP contribution in [0.4, 0.5) is 0 Å². The van der Waals surface area contributed by atoms with Crippen molar-refractivity contribution < 1.29 is 9.53 Å². The molecule has 1 fully saturated rings. The van der Waals surface area contributed by atoms with E-state index in [-0.39, 0.29) is 11.3 Å². The van der Waals surface area contributed by atoms with Gasteiger partial charge in [0.15, 0.2) is 0 Å². The van der Waals surface area contributed by atoms with E-state index in [0.717, 1.165) is 31.6 Å². The fourth-order valence-electron chi connectivity index (χ4n) is 2.86. The Morgan fingerprint density at radius 1 is 1.39 bits per heavy atom. The minimum atomic E-state index is -0.0985. The van der Waals surface area contributed by atoms with Crippen LogP contribution in [-0.4, -0.2) is 35.4 Å². The number of fused-ring (bicyclic) bond motifs is 1. The van der Waals surface area contributed by atoms with Gasteiger partial charge in [-0.2, -0.15) is 5.10 Å². The molecule has 1 N–H and O–H groups in total. The average Bonchev–Trinajstić information content (AvgIpc) is 2.60.